The normalized spacial score (nSPS) is 23.9. The van der Waals surface area contributed by atoms with Crippen LogP contribution in [-0.2, 0) is 13.6 Å². The Bertz CT molecular complexity index is 392. The van der Waals surface area contributed by atoms with Crippen molar-refractivity contribution in [3.05, 3.63) is 17.5 Å². The number of rotatable bonds is 3. The number of nitrogens with zero attached hydrogens (tertiary/aromatic N) is 2. The summed E-state index contributed by atoms with van der Waals surface area (Å²) in [6.45, 7) is 7.91. The third kappa shape index (κ3) is 3.35. The molecule has 0 spiro atoms. The Balaban J connectivity index is 1.85. The molecule has 1 atom stereocenters. The van der Waals surface area contributed by atoms with E-state index in [1.807, 2.05) is 17.9 Å². The van der Waals surface area contributed by atoms with Crippen LogP contribution in [0, 0.1) is 12.3 Å². The molecule has 1 saturated carbocycles. The van der Waals surface area contributed by atoms with Gasteiger partial charge in [-0.3, -0.25) is 4.68 Å². The van der Waals surface area contributed by atoms with E-state index in [0.717, 1.165) is 6.54 Å². The molecule has 1 heterocycles. The second-order valence-electron chi connectivity index (χ2n) is 6.55. The molecule has 1 aromatic rings. The summed E-state index contributed by atoms with van der Waals surface area (Å²) < 4.78 is 1.95. The molecule has 102 valence electrons. The van der Waals surface area contributed by atoms with E-state index in [1.54, 1.807) is 0 Å². The summed E-state index contributed by atoms with van der Waals surface area (Å²) in [6, 6.07) is 0.686. The van der Waals surface area contributed by atoms with Crippen LogP contribution in [0.4, 0.5) is 0 Å². The average molecular weight is 249 g/mol. The van der Waals surface area contributed by atoms with Crippen molar-refractivity contribution in [1.29, 1.82) is 0 Å². The van der Waals surface area contributed by atoms with Crippen LogP contribution in [0.25, 0.3) is 0 Å². The molecular weight excluding hydrogens is 222 g/mol. The highest BCUT2D eigenvalue weighted by Gasteiger charge is 2.24. The lowest BCUT2D eigenvalue weighted by Gasteiger charge is -2.22. The van der Waals surface area contributed by atoms with Crippen molar-refractivity contribution in [2.75, 3.05) is 0 Å². The zero-order chi connectivity index (χ0) is 13.2. The van der Waals surface area contributed by atoms with Gasteiger partial charge in [-0.15, -0.1) is 0 Å². The summed E-state index contributed by atoms with van der Waals surface area (Å²) in [5.74, 6) is 0. The van der Waals surface area contributed by atoms with E-state index in [1.165, 1.54) is 43.4 Å². The number of aromatic nitrogens is 2. The van der Waals surface area contributed by atoms with Crippen molar-refractivity contribution in [3.8, 4) is 0 Å². The maximum Gasteiger partial charge on any atom is 0.0537 e. The van der Waals surface area contributed by atoms with Crippen molar-refractivity contribution in [1.82, 2.24) is 15.1 Å². The number of aryl methyl sites for hydroxylation is 1. The lowest BCUT2D eigenvalue weighted by atomic mass is 9.85. The van der Waals surface area contributed by atoms with Gasteiger partial charge in [0, 0.05) is 30.9 Å². The highest BCUT2D eigenvalue weighted by atomic mass is 15.3. The molecule has 0 saturated heterocycles. The summed E-state index contributed by atoms with van der Waals surface area (Å²) in [4.78, 5) is 0. The SMILES string of the molecule is Cc1c(CNC2CCCC(C)(C)CC2)cnn1C. The van der Waals surface area contributed by atoms with Crippen LogP contribution < -0.4 is 5.32 Å². The lowest BCUT2D eigenvalue weighted by Crippen LogP contribution is -2.28. The fraction of sp³-hybridized carbons (Fsp3) is 0.800. The van der Waals surface area contributed by atoms with Crippen LogP contribution in [-0.4, -0.2) is 15.8 Å². The van der Waals surface area contributed by atoms with E-state index in [4.69, 9.17) is 0 Å². The van der Waals surface area contributed by atoms with E-state index >= 15 is 0 Å². The number of nitrogens with one attached hydrogen (secondary N) is 1. The van der Waals surface area contributed by atoms with Crippen molar-refractivity contribution >= 4 is 0 Å². The Hall–Kier alpha value is -0.830. The Morgan fingerprint density at radius 3 is 2.83 bits per heavy atom. The first-order valence-corrected chi connectivity index (χ1v) is 7.19. The summed E-state index contributed by atoms with van der Waals surface area (Å²) >= 11 is 0. The van der Waals surface area contributed by atoms with Gasteiger partial charge in [0.05, 0.1) is 6.20 Å². The smallest absolute Gasteiger partial charge is 0.0537 e. The maximum absolute atomic E-state index is 4.30. The van der Waals surface area contributed by atoms with Gasteiger partial charge in [0.2, 0.25) is 0 Å². The molecule has 1 fully saturated rings. The molecule has 2 rings (SSSR count). The minimum absolute atomic E-state index is 0.542. The highest BCUT2D eigenvalue weighted by molar-refractivity contribution is 5.15. The van der Waals surface area contributed by atoms with E-state index in [9.17, 15) is 0 Å². The predicted octanol–water partition coefficient (Wildman–Crippen LogP) is 3.18. The minimum Gasteiger partial charge on any atom is -0.310 e. The number of hydrogen-bond donors (Lipinski definition) is 1. The largest absolute Gasteiger partial charge is 0.310 e. The molecule has 1 aliphatic carbocycles. The molecule has 0 aliphatic heterocycles. The van der Waals surface area contributed by atoms with Crippen LogP contribution in [0.1, 0.15) is 57.2 Å². The van der Waals surface area contributed by atoms with Gasteiger partial charge in [-0.05, 0) is 38.0 Å². The van der Waals surface area contributed by atoms with Gasteiger partial charge >= 0.3 is 0 Å². The molecule has 1 aromatic heterocycles. The van der Waals surface area contributed by atoms with Gasteiger partial charge in [-0.25, -0.2) is 0 Å². The van der Waals surface area contributed by atoms with Crippen molar-refractivity contribution < 1.29 is 0 Å². The molecule has 1 N–H and O–H groups in total. The average Bonchev–Trinajstić information content (AvgIpc) is 2.53. The fourth-order valence-electron chi connectivity index (χ4n) is 2.84. The molecule has 0 aromatic carbocycles. The third-order valence-electron chi connectivity index (χ3n) is 4.49. The fourth-order valence-corrected chi connectivity index (χ4v) is 2.84. The van der Waals surface area contributed by atoms with E-state index in [-0.39, 0.29) is 0 Å². The van der Waals surface area contributed by atoms with Gasteiger partial charge < -0.3 is 5.32 Å². The summed E-state index contributed by atoms with van der Waals surface area (Å²) in [5, 5.41) is 8.01. The molecule has 1 unspecified atom stereocenters. The van der Waals surface area contributed by atoms with Crippen molar-refractivity contribution in [2.24, 2.45) is 12.5 Å². The van der Waals surface area contributed by atoms with Crippen LogP contribution in [0.15, 0.2) is 6.20 Å². The topological polar surface area (TPSA) is 29.9 Å². The third-order valence-corrected chi connectivity index (χ3v) is 4.49. The van der Waals surface area contributed by atoms with Crippen LogP contribution in [0.5, 0.6) is 0 Å². The summed E-state index contributed by atoms with van der Waals surface area (Å²) in [5.41, 5.74) is 3.15. The molecule has 3 nitrogen and oxygen atoms in total. The monoisotopic (exact) mass is 249 g/mol. The first-order valence-electron chi connectivity index (χ1n) is 7.19. The van der Waals surface area contributed by atoms with Gasteiger partial charge in [-0.2, -0.15) is 5.10 Å². The molecule has 3 heteroatoms. The second-order valence-corrected chi connectivity index (χ2v) is 6.55. The molecule has 0 radical (unpaired) electrons. The maximum atomic E-state index is 4.30. The molecule has 0 amide bonds. The van der Waals surface area contributed by atoms with Crippen molar-refractivity contribution in [2.45, 2.75) is 65.5 Å². The molecule has 18 heavy (non-hydrogen) atoms. The second kappa shape index (κ2) is 5.43. The lowest BCUT2D eigenvalue weighted by molar-refractivity contribution is 0.309. The standard InChI is InChI=1S/C15H27N3/c1-12-13(11-17-18(12)4)10-16-14-6-5-8-15(2,3)9-7-14/h11,14,16H,5-10H2,1-4H3. The van der Waals surface area contributed by atoms with Crippen LogP contribution in [0.3, 0.4) is 0 Å². The first-order chi connectivity index (χ1) is 8.48. The van der Waals surface area contributed by atoms with E-state index in [2.05, 4.69) is 31.2 Å². The van der Waals surface area contributed by atoms with Crippen LogP contribution >= 0.6 is 0 Å². The zero-order valence-corrected chi connectivity index (χ0v) is 12.3. The van der Waals surface area contributed by atoms with Gasteiger partial charge in [0.15, 0.2) is 0 Å². The van der Waals surface area contributed by atoms with Crippen LogP contribution in [0.2, 0.25) is 0 Å². The summed E-state index contributed by atoms with van der Waals surface area (Å²) in [7, 11) is 2.01. The van der Waals surface area contributed by atoms with Gasteiger partial charge in [0.1, 0.15) is 0 Å². The quantitative estimate of drug-likeness (QED) is 0.834. The molecule has 1 aliphatic rings. The minimum atomic E-state index is 0.542. The predicted molar refractivity (Wildman–Crippen MR) is 75.4 cm³/mol. The van der Waals surface area contributed by atoms with E-state index < -0.39 is 0 Å². The molecule has 0 bridgehead atoms. The first kappa shape index (κ1) is 13.6. The van der Waals surface area contributed by atoms with E-state index in [0.29, 0.717) is 11.5 Å². The Kier molecular flexibility index (Phi) is 4.10. The Labute approximate surface area is 111 Å². The van der Waals surface area contributed by atoms with Crippen molar-refractivity contribution in [3.63, 3.8) is 0 Å². The highest BCUT2D eigenvalue weighted by Crippen LogP contribution is 2.33. The Morgan fingerprint density at radius 2 is 2.17 bits per heavy atom. The number of hydrogen-bond acceptors (Lipinski definition) is 2. The van der Waals surface area contributed by atoms with Gasteiger partial charge in [-0.1, -0.05) is 20.3 Å². The summed E-state index contributed by atoms with van der Waals surface area (Å²) in [6.07, 6.45) is 8.70. The Morgan fingerprint density at radius 1 is 1.39 bits per heavy atom. The van der Waals surface area contributed by atoms with Gasteiger partial charge in [0.25, 0.3) is 0 Å². The molecular formula is C15H27N3. The zero-order valence-electron chi connectivity index (χ0n) is 12.3.